The number of piperidine rings is 1. The first kappa shape index (κ1) is 21.0. The van der Waals surface area contributed by atoms with Crippen LogP contribution in [0.4, 0.5) is 0 Å². The number of nitrogens with one attached hydrogen (secondary N) is 3. The first-order valence-corrected chi connectivity index (χ1v) is 9.36. The molecular weight excluding hydrogens is 437 g/mol. The monoisotopic (exact) mass is 469 g/mol. The van der Waals surface area contributed by atoms with Crippen LogP contribution in [0.2, 0.25) is 0 Å². The van der Waals surface area contributed by atoms with Gasteiger partial charge in [-0.25, -0.2) is 0 Å². The van der Waals surface area contributed by atoms with Crippen LogP contribution in [0.25, 0.3) is 10.9 Å². The van der Waals surface area contributed by atoms with E-state index in [4.69, 9.17) is 0 Å². The lowest BCUT2D eigenvalue weighted by molar-refractivity contribution is 0.210. The molecule has 1 fully saturated rings. The third-order valence-corrected chi connectivity index (χ3v) is 5.20. The summed E-state index contributed by atoms with van der Waals surface area (Å²) >= 11 is 0. The summed E-state index contributed by atoms with van der Waals surface area (Å²) in [4.78, 5) is 10.2. The SMILES string of the molecule is CN=C(NCCc1c[nH]c2c(C)cccc12)NCC1CCCN(C)C1.I. The molecule has 0 bridgehead atoms. The zero-order valence-electron chi connectivity index (χ0n) is 16.1. The van der Waals surface area contributed by atoms with Crippen molar-refractivity contribution in [2.45, 2.75) is 26.2 Å². The van der Waals surface area contributed by atoms with Gasteiger partial charge in [0.15, 0.2) is 5.96 Å². The van der Waals surface area contributed by atoms with Crippen LogP contribution in [-0.4, -0.2) is 56.1 Å². The minimum Gasteiger partial charge on any atom is -0.361 e. The number of rotatable bonds is 5. The van der Waals surface area contributed by atoms with Gasteiger partial charge in [0.25, 0.3) is 0 Å². The largest absolute Gasteiger partial charge is 0.361 e. The van der Waals surface area contributed by atoms with Crippen LogP contribution in [-0.2, 0) is 6.42 Å². The van der Waals surface area contributed by atoms with E-state index in [1.54, 1.807) is 0 Å². The predicted molar refractivity (Wildman–Crippen MR) is 122 cm³/mol. The van der Waals surface area contributed by atoms with Crippen molar-refractivity contribution in [3.05, 3.63) is 35.5 Å². The van der Waals surface area contributed by atoms with Crippen LogP contribution >= 0.6 is 24.0 Å². The fourth-order valence-electron chi connectivity index (χ4n) is 3.79. The maximum Gasteiger partial charge on any atom is 0.190 e. The molecule has 0 aliphatic carbocycles. The number of H-pyrrole nitrogens is 1. The summed E-state index contributed by atoms with van der Waals surface area (Å²) in [5.74, 6) is 1.62. The predicted octanol–water partition coefficient (Wildman–Crippen LogP) is 3.14. The Kier molecular flexibility index (Phi) is 8.21. The van der Waals surface area contributed by atoms with Gasteiger partial charge in [-0.15, -0.1) is 24.0 Å². The Morgan fingerprint density at radius 1 is 1.35 bits per heavy atom. The van der Waals surface area contributed by atoms with Crippen molar-refractivity contribution in [3.63, 3.8) is 0 Å². The Hall–Kier alpha value is -1.28. The van der Waals surface area contributed by atoms with Crippen LogP contribution < -0.4 is 10.6 Å². The second-order valence-corrected chi connectivity index (χ2v) is 7.21. The Bertz CT molecular complexity index is 724. The van der Waals surface area contributed by atoms with Crippen molar-refractivity contribution in [1.29, 1.82) is 0 Å². The molecule has 1 aliphatic heterocycles. The molecule has 3 N–H and O–H groups in total. The second-order valence-electron chi connectivity index (χ2n) is 7.21. The lowest BCUT2D eigenvalue weighted by Crippen LogP contribution is -2.44. The lowest BCUT2D eigenvalue weighted by atomic mass is 9.99. The topological polar surface area (TPSA) is 55.5 Å². The fourth-order valence-corrected chi connectivity index (χ4v) is 3.79. The zero-order chi connectivity index (χ0) is 17.6. The number of hydrogen-bond acceptors (Lipinski definition) is 2. The number of nitrogens with zero attached hydrogens (tertiary/aromatic N) is 2. The molecule has 0 saturated carbocycles. The minimum atomic E-state index is 0. The first-order valence-electron chi connectivity index (χ1n) is 9.36. The molecule has 2 aromatic rings. The standard InChI is InChI=1S/C20H31N5.HI/c1-15-6-4-8-18-17(13-23-19(15)18)9-10-22-20(21-2)24-12-16-7-5-11-25(3)14-16;/h4,6,8,13,16,23H,5,7,9-12,14H2,1-3H3,(H2,21,22,24);1H. The lowest BCUT2D eigenvalue weighted by Gasteiger charge is -2.30. The van der Waals surface area contributed by atoms with Crippen molar-refractivity contribution in [3.8, 4) is 0 Å². The molecule has 1 aliphatic rings. The molecule has 1 aromatic heterocycles. The molecule has 0 amide bonds. The van der Waals surface area contributed by atoms with Gasteiger partial charge in [-0.2, -0.15) is 0 Å². The molecule has 26 heavy (non-hydrogen) atoms. The first-order chi connectivity index (χ1) is 12.2. The molecule has 0 spiro atoms. The van der Waals surface area contributed by atoms with Crippen LogP contribution in [0.3, 0.4) is 0 Å². The van der Waals surface area contributed by atoms with E-state index < -0.39 is 0 Å². The third kappa shape index (κ3) is 5.36. The molecule has 5 nitrogen and oxygen atoms in total. The van der Waals surface area contributed by atoms with E-state index in [0.717, 1.165) is 25.5 Å². The number of aryl methyl sites for hydroxylation is 1. The number of aromatic amines is 1. The van der Waals surface area contributed by atoms with Crippen LogP contribution in [0.15, 0.2) is 29.4 Å². The number of benzene rings is 1. The normalized spacial score (nSPS) is 18.6. The van der Waals surface area contributed by atoms with Gasteiger partial charge in [0.1, 0.15) is 0 Å². The van der Waals surface area contributed by atoms with Gasteiger partial charge >= 0.3 is 0 Å². The summed E-state index contributed by atoms with van der Waals surface area (Å²) in [5, 5.41) is 8.27. The van der Waals surface area contributed by atoms with Gasteiger partial charge in [0.05, 0.1) is 0 Å². The van der Waals surface area contributed by atoms with Crippen LogP contribution in [0, 0.1) is 12.8 Å². The molecule has 1 saturated heterocycles. The van der Waals surface area contributed by atoms with E-state index in [1.807, 2.05) is 7.05 Å². The quantitative estimate of drug-likeness (QED) is 0.358. The minimum absolute atomic E-state index is 0. The molecule has 6 heteroatoms. The summed E-state index contributed by atoms with van der Waals surface area (Å²) in [5.41, 5.74) is 3.91. The van der Waals surface area contributed by atoms with Gasteiger partial charge in [0.2, 0.25) is 0 Å². The number of hydrogen-bond donors (Lipinski definition) is 3. The van der Waals surface area contributed by atoms with Crippen molar-refractivity contribution in [2.75, 3.05) is 40.3 Å². The van der Waals surface area contributed by atoms with Gasteiger partial charge < -0.3 is 20.5 Å². The second kappa shape index (κ2) is 10.2. The van der Waals surface area contributed by atoms with Crippen molar-refractivity contribution >= 4 is 40.8 Å². The van der Waals surface area contributed by atoms with E-state index >= 15 is 0 Å². The molecule has 1 aromatic carbocycles. The van der Waals surface area contributed by atoms with Crippen molar-refractivity contribution < 1.29 is 0 Å². The van der Waals surface area contributed by atoms with Crippen molar-refractivity contribution in [2.24, 2.45) is 10.9 Å². The summed E-state index contributed by atoms with van der Waals surface area (Å²) in [6, 6.07) is 6.47. The average Bonchev–Trinajstić information content (AvgIpc) is 3.02. The Labute approximate surface area is 174 Å². The Morgan fingerprint density at radius 2 is 2.19 bits per heavy atom. The van der Waals surface area contributed by atoms with E-state index in [1.165, 1.54) is 48.0 Å². The van der Waals surface area contributed by atoms with Gasteiger partial charge in [-0.3, -0.25) is 4.99 Å². The molecule has 3 rings (SSSR count). The summed E-state index contributed by atoms with van der Waals surface area (Å²) in [6.45, 7) is 6.43. The van der Waals surface area contributed by atoms with E-state index in [0.29, 0.717) is 5.92 Å². The number of guanidine groups is 1. The number of halogens is 1. The summed E-state index contributed by atoms with van der Waals surface area (Å²) < 4.78 is 0. The van der Waals surface area contributed by atoms with Gasteiger partial charge in [-0.1, -0.05) is 18.2 Å². The van der Waals surface area contributed by atoms with Crippen LogP contribution in [0.1, 0.15) is 24.0 Å². The highest BCUT2D eigenvalue weighted by atomic mass is 127. The molecule has 2 heterocycles. The zero-order valence-corrected chi connectivity index (χ0v) is 18.5. The fraction of sp³-hybridized carbons (Fsp3) is 0.550. The number of likely N-dealkylation sites (tertiary alicyclic amines) is 1. The summed E-state index contributed by atoms with van der Waals surface area (Å²) in [7, 11) is 4.06. The summed E-state index contributed by atoms with van der Waals surface area (Å²) in [6.07, 6.45) is 5.72. The number of aromatic nitrogens is 1. The van der Waals surface area contributed by atoms with E-state index in [-0.39, 0.29) is 24.0 Å². The molecule has 1 unspecified atom stereocenters. The highest BCUT2D eigenvalue weighted by molar-refractivity contribution is 14.0. The Balaban J connectivity index is 0.00000243. The number of aliphatic imine (C=N–C) groups is 1. The van der Waals surface area contributed by atoms with Crippen LogP contribution in [0.5, 0.6) is 0 Å². The van der Waals surface area contributed by atoms with Gasteiger partial charge in [0, 0.05) is 43.8 Å². The average molecular weight is 469 g/mol. The van der Waals surface area contributed by atoms with Gasteiger partial charge in [-0.05, 0) is 56.8 Å². The van der Waals surface area contributed by atoms with E-state index in [2.05, 4.69) is 63.9 Å². The molecule has 1 atom stereocenters. The Morgan fingerprint density at radius 3 is 2.96 bits per heavy atom. The maximum atomic E-state index is 4.36. The maximum absolute atomic E-state index is 4.36. The smallest absolute Gasteiger partial charge is 0.190 e. The molecule has 144 valence electrons. The van der Waals surface area contributed by atoms with Crippen molar-refractivity contribution in [1.82, 2.24) is 20.5 Å². The highest BCUT2D eigenvalue weighted by Gasteiger charge is 2.17. The number of para-hydroxylation sites is 1. The molecular formula is C20H32IN5. The van der Waals surface area contributed by atoms with E-state index in [9.17, 15) is 0 Å². The highest BCUT2D eigenvalue weighted by Crippen LogP contribution is 2.21. The third-order valence-electron chi connectivity index (χ3n) is 5.20. The number of fused-ring (bicyclic) bond motifs is 1. The molecule has 0 radical (unpaired) electrons.